The lowest BCUT2D eigenvalue weighted by Crippen LogP contribution is -2.23. The summed E-state index contributed by atoms with van der Waals surface area (Å²) in [4.78, 5) is 12.3. The molecule has 0 aliphatic carbocycles. The first kappa shape index (κ1) is 14.7. The summed E-state index contributed by atoms with van der Waals surface area (Å²) in [6.45, 7) is 8.41. The van der Waals surface area contributed by atoms with E-state index in [0.29, 0.717) is 24.3 Å². The molecule has 1 N–H and O–H groups in total. The topological polar surface area (TPSA) is 40.5 Å². The maximum Gasteiger partial charge on any atom is 0.328 e. The van der Waals surface area contributed by atoms with Crippen molar-refractivity contribution < 1.29 is 14.3 Å². The molecule has 0 aliphatic heterocycles. The van der Waals surface area contributed by atoms with Crippen LogP contribution < -0.4 is 4.90 Å². The predicted molar refractivity (Wildman–Crippen MR) is 75.7 cm³/mol. The molecule has 1 aromatic carbocycles. The lowest BCUT2D eigenvalue weighted by atomic mass is 10.1. The number of benzene rings is 1. The minimum absolute atomic E-state index is 0.416. The Morgan fingerprint density at radius 1 is 1.26 bits per heavy atom. The largest absolute Gasteiger partial charge is 0.478 e. The van der Waals surface area contributed by atoms with Crippen molar-refractivity contribution in [3.63, 3.8) is 0 Å². The SMILES string of the molecule is C=CCN(CC=C)c1cc(F)cc(/C=C/C(=O)O)c1. The molecule has 0 radical (unpaired) electrons. The Morgan fingerprint density at radius 3 is 2.42 bits per heavy atom. The average Bonchev–Trinajstić information content (AvgIpc) is 2.35. The molecule has 0 atom stereocenters. The van der Waals surface area contributed by atoms with Crippen LogP contribution in [0.25, 0.3) is 6.08 Å². The number of nitrogens with zero attached hydrogens (tertiary/aromatic N) is 1. The number of rotatable bonds is 7. The molecule has 1 aromatic rings. The molecule has 19 heavy (non-hydrogen) atoms. The minimum atomic E-state index is -1.07. The maximum absolute atomic E-state index is 13.5. The Hall–Kier alpha value is -2.36. The minimum Gasteiger partial charge on any atom is -0.478 e. The molecule has 4 heteroatoms. The van der Waals surface area contributed by atoms with Crippen molar-refractivity contribution in [3.05, 3.63) is 61.0 Å². The average molecular weight is 261 g/mol. The van der Waals surface area contributed by atoms with Gasteiger partial charge in [0.2, 0.25) is 0 Å². The third-order valence-electron chi connectivity index (χ3n) is 2.39. The van der Waals surface area contributed by atoms with E-state index in [4.69, 9.17) is 5.11 Å². The second kappa shape index (κ2) is 7.16. The van der Waals surface area contributed by atoms with E-state index in [1.807, 2.05) is 4.90 Å². The third kappa shape index (κ3) is 4.79. The fraction of sp³-hybridized carbons (Fsp3) is 0.133. The molecule has 0 saturated carbocycles. The molecule has 0 amide bonds. The van der Waals surface area contributed by atoms with Crippen molar-refractivity contribution in [2.24, 2.45) is 0 Å². The van der Waals surface area contributed by atoms with E-state index in [1.54, 1.807) is 18.2 Å². The first-order chi connectivity index (χ1) is 9.06. The molecule has 100 valence electrons. The van der Waals surface area contributed by atoms with Gasteiger partial charge in [-0.2, -0.15) is 0 Å². The maximum atomic E-state index is 13.5. The summed E-state index contributed by atoms with van der Waals surface area (Å²) < 4.78 is 13.5. The first-order valence-corrected chi connectivity index (χ1v) is 5.75. The summed E-state index contributed by atoms with van der Waals surface area (Å²) in [5.74, 6) is -1.49. The highest BCUT2D eigenvalue weighted by molar-refractivity contribution is 5.85. The quantitative estimate of drug-likeness (QED) is 0.605. The van der Waals surface area contributed by atoms with E-state index in [1.165, 1.54) is 18.2 Å². The van der Waals surface area contributed by atoms with E-state index >= 15 is 0 Å². The van der Waals surface area contributed by atoms with Crippen LogP contribution in [0.5, 0.6) is 0 Å². The first-order valence-electron chi connectivity index (χ1n) is 5.75. The molecule has 0 spiro atoms. The molecular weight excluding hydrogens is 245 g/mol. The lowest BCUT2D eigenvalue weighted by molar-refractivity contribution is -0.131. The summed E-state index contributed by atoms with van der Waals surface area (Å²) in [6, 6.07) is 4.39. The van der Waals surface area contributed by atoms with Crippen LogP contribution in [0.1, 0.15) is 5.56 Å². The van der Waals surface area contributed by atoms with Crippen molar-refractivity contribution in [1.29, 1.82) is 0 Å². The van der Waals surface area contributed by atoms with Crippen molar-refractivity contribution in [1.82, 2.24) is 0 Å². The van der Waals surface area contributed by atoms with Crippen LogP contribution in [0, 0.1) is 5.82 Å². The van der Waals surface area contributed by atoms with E-state index in [0.717, 1.165) is 6.08 Å². The summed E-state index contributed by atoms with van der Waals surface area (Å²) >= 11 is 0. The molecule has 0 bridgehead atoms. The van der Waals surface area contributed by atoms with Gasteiger partial charge in [0.1, 0.15) is 5.82 Å². The van der Waals surface area contributed by atoms with Gasteiger partial charge in [-0.3, -0.25) is 0 Å². The number of halogens is 1. The van der Waals surface area contributed by atoms with Gasteiger partial charge in [0.05, 0.1) is 0 Å². The number of anilines is 1. The number of carbonyl (C=O) groups is 1. The molecule has 0 heterocycles. The molecular formula is C15H16FNO2. The zero-order valence-corrected chi connectivity index (χ0v) is 10.6. The van der Waals surface area contributed by atoms with Crippen molar-refractivity contribution >= 4 is 17.7 Å². The van der Waals surface area contributed by atoms with Crippen molar-refractivity contribution in [2.75, 3.05) is 18.0 Å². The van der Waals surface area contributed by atoms with Gasteiger partial charge in [-0.25, -0.2) is 9.18 Å². The van der Waals surface area contributed by atoms with Crippen LogP contribution in [0.4, 0.5) is 10.1 Å². The molecule has 1 rings (SSSR count). The molecule has 3 nitrogen and oxygen atoms in total. The standard InChI is InChI=1S/C15H16FNO2/c1-3-7-17(8-4-2)14-10-12(5-6-15(18)19)9-13(16)11-14/h3-6,9-11H,1-2,7-8H2,(H,18,19)/b6-5+. The van der Waals surface area contributed by atoms with Gasteiger partial charge in [-0.15, -0.1) is 13.2 Å². The smallest absolute Gasteiger partial charge is 0.328 e. The normalized spacial score (nSPS) is 10.4. The van der Waals surface area contributed by atoms with Gasteiger partial charge < -0.3 is 10.0 Å². The van der Waals surface area contributed by atoms with Crippen LogP contribution in [-0.4, -0.2) is 24.2 Å². The zero-order valence-electron chi connectivity index (χ0n) is 10.6. The van der Waals surface area contributed by atoms with E-state index < -0.39 is 11.8 Å². The Bertz CT molecular complexity index is 499. The molecule has 0 unspecified atom stereocenters. The monoisotopic (exact) mass is 261 g/mol. The fourth-order valence-corrected chi connectivity index (χ4v) is 1.64. The lowest BCUT2D eigenvalue weighted by Gasteiger charge is -2.22. The van der Waals surface area contributed by atoms with Crippen LogP contribution >= 0.6 is 0 Å². The van der Waals surface area contributed by atoms with Crippen LogP contribution in [0.2, 0.25) is 0 Å². The van der Waals surface area contributed by atoms with Crippen LogP contribution in [0.15, 0.2) is 49.6 Å². The van der Waals surface area contributed by atoms with Gasteiger partial charge in [0.15, 0.2) is 0 Å². The highest BCUT2D eigenvalue weighted by Crippen LogP contribution is 2.19. The van der Waals surface area contributed by atoms with Gasteiger partial charge in [0.25, 0.3) is 0 Å². The van der Waals surface area contributed by atoms with Gasteiger partial charge >= 0.3 is 5.97 Å². The van der Waals surface area contributed by atoms with E-state index in [-0.39, 0.29) is 0 Å². The predicted octanol–water partition coefficient (Wildman–Crippen LogP) is 3.10. The molecule has 0 aromatic heterocycles. The van der Waals surface area contributed by atoms with Crippen molar-refractivity contribution in [3.8, 4) is 0 Å². The summed E-state index contributed by atoms with van der Waals surface area (Å²) in [6.07, 6.45) is 5.75. The fourth-order valence-electron chi connectivity index (χ4n) is 1.64. The summed E-state index contributed by atoms with van der Waals surface area (Å²) in [5.41, 5.74) is 1.15. The number of hydrogen-bond donors (Lipinski definition) is 1. The highest BCUT2D eigenvalue weighted by Gasteiger charge is 2.06. The number of aliphatic carboxylic acids is 1. The van der Waals surface area contributed by atoms with E-state index in [2.05, 4.69) is 13.2 Å². The highest BCUT2D eigenvalue weighted by atomic mass is 19.1. The number of carboxylic acids is 1. The van der Waals surface area contributed by atoms with Gasteiger partial charge in [0, 0.05) is 24.9 Å². The Morgan fingerprint density at radius 2 is 1.89 bits per heavy atom. The second-order valence-electron chi connectivity index (χ2n) is 3.90. The summed E-state index contributed by atoms with van der Waals surface area (Å²) in [7, 11) is 0. The van der Waals surface area contributed by atoms with Crippen LogP contribution in [-0.2, 0) is 4.79 Å². The third-order valence-corrected chi connectivity index (χ3v) is 2.39. The van der Waals surface area contributed by atoms with E-state index in [9.17, 15) is 9.18 Å². The van der Waals surface area contributed by atoms with Crippen molar-refractivity contribution in [2.45, 2.75) is 0 Å². The molecule has 0 aliphatic rings. The summed E-state index contributed by atoms with van der Waals surface area (Å²) in [5, 5.41) is 8.57. The Kier molecular flexibility index (Phi) is 5.54. The Labute approximate surface area is 112 Å². The zero-order chi connectivity index (χ0) is 14.3. The second-order valence-corrected chi connectivity index (χ2v) is 3.90. The van der Waals surface area contributed by atoms with Gasteiger partial charge in [-0.1, -0.05) is 12.2 Å². The molecule has 0 saturated heterocycles. The van der Waals surface area contributed by atoms with Gasteiger partial charge in [-0.05, 0) is 29.8 Å². The number of carboxylic acid groups (broad SMARTS) is 1. The van der Waals surface area contributed by atoms with Crippen LogP contribution in [0.3, 0.4) is 0 Å². The number of hydrogen-bond acceptors (Lipinski definition) is 2. The Balaban J connectivity index is 3.08. The molecule has 0 fully saturated rings.